The Hall–Kier alpha value is -1.80. The molecule has 0 aliphatic carbocycles. The molecule has 1 aliphatic heterocycles. The van der Waals surface area contributed by atoms with Crippen LogP contribution in [-0.4, -0.2) is 38.8 Å². The van der Waals surface area contributed by atoms with Gasteiger partial charge in [-0.1, -0.05) is 36.0 Å². The van der Waals surface area contributed by atoms with Crippen LogP contribution in [0.5, 0.6) is 5.75 Å². The van der Waals surface area contributed by atoms with Crippen molar-refractivity contribution >= 4 is 44.8 Å². The molecule has 0 spiro atoms. The number of carbonyl (C=O) groups excluding carboxylic acids is 1. The predicted octanol–water partition coefficient (Wildman–Crippen LogP) is 4.82. The number of carbonyl (C=O) groups is 1. The lowest BCUT2D eigenvalue weighted by Gasteiger charge is -2.21. The highest BCUT2D eigenvalue weighted by Crippen LogP contribution is 2.31. The number of nitrogens with zero attached hydrogens (tertiary/aromatic N) is 1. The Morgan fingerprint density at radius 3 is 2.34 bits per heavy atom. The van der Waals surface area contributed by atoms with E-state index in [0.29, 0.717) is 23.9 Å². The summed E-state index contributed by atoms with van der Waals surface area (Å²) in [6.45, 7) is 0.993. The number of ether oxygens (including phenoxy) is 1. The van der Waals surface area contributed by atoms with Crippen molar-refractivity contribution in [1.82, 2.24) is 4.31 Å². The van der Waals surface area contributed by atoms with Crippen molar-refractivity contribution in [2.45, 2.75) is 30.6 Å². The van der Waals surface area contributed by atoms with E-state index in [9.17, 15) is 13.2 Å². The van der Waals surface area contributed by atoms with Gasteiger partial charge in [-0.2, -0.15) is 4.31 Å². The maximum Gasteiger partial charge on any atom is 0.257 e. The molecule has 0 radical (unpaired) electrons. The van der Waals surface area contributed by atoms with E-state index in [2.05, 4.69) is 5.32 Å². The number of rotatable bonds is 5. The number of methoxy groups -OCH3 is 1. The molecule has 1 aliphatic rings. The zero-order valence-electron chi connectivity index (χ0n) is 16.0. The molecule has 156 valence electrons. The van der Waals surface area contributed by atoms with Gasteiger partial charge in [-0.25, -0.2) is 8.42 Å². The minimum absolute atomic E-state index is 0.109. The van der Waals surface area contributed by atoms with Gasteiger partial charge in [0.1, 0.15) is 5.75 Å². The Morgan fingerprint density at radius 2 is 1.72 bits per heavy atom. The second kappa shape index (κ2) is 9.34. The topological polar surface area (TPSA) is 75.7 Å². The fourth-order valence-corrected chi connectivity index (χ4v) is 5.28. The third kappa shape index (κ3) is 5.04. The molecule has 1 amide bonds. The predicted molar refractivity (Wildman–Crippen MR) is 115 cm³/mol. The Balaban J connectivity index is 1.91. The Morgan fingerprint density at radius 1 is 1.03 bits per heavy atom. The third-order valence-electron chi connectivity index (χ3n) is 4.80. The zero-order valence-corrected chi connectivity index (χ0v) is 18.3. The number of amides is 1. The van der Waals surface area contributed by atoms with Crippen LogP contribution in [0.15, 0.2) is 41.3 Å². The minimum atomic E-state index is -3.66. The van der Waals surface area contributed by atoms with E-state index >= 15 is 0 Å². The molecule has 0 unspecified atom stereocenters. The fourth-order valence-electron chi connectivity index (χ4n) is 3.24. The molecule has 6 nitrogen and oxygen atoms in total. The van der Waals surface area contributed by atoms with Gasteiger partial charge in [-0.3, -0.25) is 4.79 Å². The van der Waals surface area contributed by atoms with E-state index in [-0.39, 0.29) is 21.2 Å². The summed E-state index contributed by atoms with van der Waals surface area (Å²) >= 11 is 12.0. The van der Waals surface area contributed by atoms with Crippen molar-refractivity contribution in [3.63, 3.8) is 0 Å². The molecule has 1 fully saturated rings. The molecule has 0 bridgehead atoms. The van der Waals surface area contributed by atoms with E-state index in [4.69, 9.17) is 27.9 Å². The summed E-state index contributed by atoms with van der Waals surface area (Å²) in [6, 6.07) is 8.97. The second-order valence-corrected chi connectivity index (χ2v) is 9.54. The van der Waals surface area contributed by atoms with Gasteiger partial charge in [-0.05, 0) is 49.2 Å². The molecule has 1 saturated heterocycles. The van der Waals surface area contributed by atoms with E-state index in [1.165, 1.54) is 41.7 Å². The Labute approximate surface area is 180 Å². The molecular formula is C20H22Cl2N2O4S. The first kappa shape index (κ1) is 21.9. The Kier molecular flexibility index (Phi) is 7.05. The summed E-state index contributed by atoms with van der Waals surface area (Å²) < 4.78 is 32.9. The average molecular weight is 457 g/mol. The number of benzene rings is 2. The van der Waals surface area contributed by atoms with Gasteiger partial charge in [0.05, 0.1) is 28.3 Å². The van der Waals surface area contributed by atoms with E-state index in [1.807, 2.05) is 0 Å². The van der Waals surface area contributed by atoms with Gasteiger partial charge in [0.25, 0.3) is 5.91 Å². The number of hydrogen-bond donors (Lipinski definition) is 1. The minimum Gasteiger partial charge on any atom is -0.495 e. The van der Waals surface area contributed by atoms with Gasteiger partial charge in [0.2, 0.25) is 10.0 Å². The first-order valence-corrected chi connectivity index (χ1v) is 11.5. The first-order chi connectivity index (χ1) is 13.8. The number of halogens is 2. The molecule has 2 aromatic rings. The second-order valence-electron chi connectivity index (χ2n) is 6.76. The van der Waals surface area contributed by atoms with Crippen LogP contribution in [0.2, 0.25) is 10.0 Å². The standard InChI is InChI=1S/C20H22Cl2N2O4S/c1-28-19-9-7-15(29(26,27)24-10-4-2-3-5-11-24)13-18(19)23-20(25)16-8-6-14(21)12-17(16)22/h6-9,12-13H,2-5,10-11H2,1H3,(H,23,25). The van der Waals surface area contributed by atoms with Gasteiger partial charge < -0.3 is 10.1 Å². The highest BCUT2D eigenvalue weighted by molar-refractivity contribution is 7.89. The van der Waals surface area contributed by atoms with Gasteiger partial charge >= 0.3 is 0 Å². The van der Waals surface area contributed by atoms with Crippen LogP contribution in [0.3, 0.4) is 0 Å². The number of sulfonamides is 1. The van der Waals surface area contributed by atoms with E-state index < -0.39 is 15.9 Å². The lowest BCUT2D eigenvalue weighted by molar-refractivity contribution is 0.102. The van der Waals surface area contributed by atoms with Crippen molar-refractivity contribution in [1.29, 1.82) is 0 Å². The lowest BCUT2D eigenvalue weighted by Crippen LogP contribution is -2.32. The molecule has 2 aromatic carbocycles. The van der Waals surface area contributed by atoms with Crippen LogP contribution in [0.1, 0.15) is 36.0 Å². The quantitative estimate of drug-likeness (QED) is 0.699. The first-order valence-electron chi connectivity index (χ1n) is 9.27. The molecule has 9 heteroatoms. The van der Waals surface area contributed by atoms with Crippen LogP contribution in [0.25, 0.3) is 0 Å². The van der Waals surface area contributed by atoms with Crippen molar-refractivity contribution in [2.75, 3.05) is 25.5 Å². The number of nitrogens with one attached hydrogen (secondary N) is 1. The van der Waals surface area contributed by atoms with Gasteiger partial charge in [0, 0.05) is 18.1 Å². The number of anilines is 1. The Bertz CT molecular complexity index is 1000. The van der Waals surface area contributed by atoms with Crippen molar-refractivity contribution in [2.24, 2.45) is 0 Å². The van der Waals surface area contributed by atoms with Gasteiger partial charge in [0.15, 0.2) is 0 Å². The molecule has 0 saturated carbocycles. The summed E-state index contributed by atoms with van der Waals surface area (Å²) in [4.78, 5) is 12.8. The number of hydrogen-bond acceptors (Lipinski definition) is 4. The van der Waals surface area contributed by atoms with E-state index in [0.717, 1.165) is 25.7 Å². The van der Waals surface area contributed by atoms with Crippen molar-refractivity contribution in [3.8, 4) is 5.75 Å². The smallest absolute Gasteiger partial charge is 0.257 e. The van der Waals surface area contributed by atoms with Gasteiger partial charge in [-0.15, -0.1) is 0 Å². The van der Waals surface area contributed by atoms with Crippen molar-refractivity contribution < 1.29 is 17.9 Å². The molecule has 1 N–H and O–H groups in total. The summed E-state index contributed by atoms with van der Waals surface area (Å²) in [5.74, 6) is -0.146. The van der Waals surface area contributed by atoms with Crippen LogP contribution >= 0.6 is 23.2 Å². The maximum atomic E-state index is 13.1. The van der Waals surface area contributed by atoms with Crippen LogP contribution in [-0.2, 0) is 10.0 Å². The fraction of sp³-hybridized carbons (Fsp3) is 0.350. The van der Waals surface area contributed by atoms with Crippen LogP contribution in [0.4, 0.5) is 5.69 Å². The molecule has 29 heavy (non-hydrogen) atoms. The molecule has 0 aromatic heterocycles. The van der Waals surface area contributed by atoms with Crippen molar-refractivity contribution in [3.05, 3.63) is 52.0 Å². The largest absolute Gasteiger partial charge is 0.495 e. The molecule has 3 rings (SSSR count). The molecule has 1 heterocycles. The SMILES string of the molecule is COc1ccc(S(=O)(=O)N2CCCCCC2)cc1NC(=O)c1ccc(Cl)cc1Cl. The molecular weight excluding hydrogens is 435 g/mol. The third-order valence-corrected chi connectivity index (χ3v) is 7.24. The monoisotopic (exact) mass is 456 g/mol. The average Bonchev–Trinajstić information content (AvgIpc) is 2.98. The highest BCUT2D eigenvalue weighted by Gasteiger charge is 2.26. The van der Waals surface area contributed by atoms with E-state index in [1.54, 1.807) is 6.07 Å². The van der Waals surface area contributed by atoms with Crippen LogP contribution < -0.4 is 10.1 Å². The zero-order chi connectivity index (χ0) is 21.0. The maximum absolute atomic E-state index is 13.1. The summed E-state index contributed by atoms with van der Waals surface area (Å²) in [7, 11) is -2.22. The van der Waals surface area contributed by atoms with Crippen LogP contribution in [0, 0.1) is 0 Å². The summed E-state index contributed by atoms with van der Waals surface area (Å²) in [5, 5.41) is 3.30. The lowest BCUT2D eigenvalue weighted by atomic mass is 10.2. The highest BCUT2D eigenvalue weighted by atomic mass is 35.5. The summed E-state index contributed by atoms with van der Waals surface area (Å²) in [6.07, 6.45) is 3.73. The molecule has 0 atom stereocenters. The summed E-state index contributed by atoms with van der Waals surface area (Å²) in [5.41, 5.74) is 0.471. The normalized spacial score (nSPS) is 15.6.